The van der Waals surface area contributed by atoms with Crippen LogP contribution in [0.3, 0.4) is 0 Å². The zero-order chi connectivity index (χ0) is 23.1. The van der Waals surface area contributed by atoms with Crippen LogP contribution in [-0.4, -0.2) is 35.3 Å². The van der Waals surface area contributed by atoms with Gasteiger partial charge in [-0.15, -0.1) is 11.3 Å². The van der Waals surface area contributed by atoms with Crippen molar-refractivity contribution in [3.63, 3.8) is 0 Å². The van der Waals surface area contributed by atoms with Crippen LogP contribution < -0.4 is 15.5 Å². The zero-order valence-corrected chi connectivity index (χ0v) is 19.8. The molecule has 1 aromatic carbocycles. The second-order valence-electron chi connectivity index (χ2n) is 8.53. The van der Waals surface area contributed by atoms with Crippen molar-refractivity contribution in [1.29, 1.82) is 0 Å². The molecule has 7 nitrogen and oxygen atoms in total. The minimum Gasteiger partial charge on any atom is -0.354 e. The molecule has 2 aliphatic heterocycles. The average molecular weight is 457 g/mol. The Morgan fingerprint density at radius 3 is 2.84 bits per heavy atom. The molecule has 2 N–H and O–H groups in total. The van der Waals surface area contributed by atoms with E-state index < -0.39 is 6.04 Å². The molecule has 0 spiro atoms. The van der Waals surface area contributed by atoms with Gasteiger partial charge < -0.3 is 15.5 Å². The third-order valence-electron chi connectivity index (χ3n) is 6.05. The Labute approximate surface area is 193 Å². The fourth-order valence-electron chi connectivity index (χ4n) is 4.19. The van der Waals surface area contributed by atoms with Crippen LogP contribution >= 0.6 is 11.3 Å². The first-order valence-corrected chi connectivity index (χ1v) is 12.1. The maximum Gasteiger partial charge on any atom is 0.249 e. The molecule has 3 unspecified atom stereocenters. The van der Waals surface area contributed by atoms with Crippen molar-refractivity contribution >= 4 is 35.2 Å². The molecular weight excluding hydrogens is 424 g/mol. The lowest BCUT2D eigenvalue weighted by Gasteiger charge is -2.26. The molecule has 4 rings (SSSR count). The van der Waals surface area contributed by atoms with Gasteiger partial charge in [0.15, 0.2) is 0 Å². The van der Waals surface area contributed by atoms with E-state index in [1.54, 1.807) is 11.7 Å². The minimum absolute atomic E-state index is 0.00395. The maximum atomic E-state index is 13.0. The monoisotopic (exact) mass is 456 g/mol. The highest BCUT2D eigenvalue weighted by molar-refractivity contribution is 7.09. The van der Waals surface area contributed by atoms with Crippen LogP contribution in [0.25, 0.3) is 0 Å². The Bertz CT molecular complexity index is 931. The van der Waals surface area contributed by atoms with Crippen LogP contribution in [0.4, 0.5) is 5.69 Å². The number of hydrogen-bond acceptors (Lipinski definition) is 5. The molecule has 1 aromatic heterocycles. The molecule has 0 bridgehead atoms. The number of aromatic nitrogens is 1. The quantitative estimate of drug-likeness (QED) is 0.626. The van der Waals surface area contributed by atoms with Crippen molar-refractivity contribution in [3.05, 3.63) is 45.9 Å². The van der Waals surface area contributed by atoms with Gasteiger partial charge in [0, 0.05) is 23.5 Å². The molecule has 32 heavy (non-hydrogen) atoms. The summed E-state index contributed by atoms with van der Waals surface area (Å²) >= 11 is 1.53. The molecule has 0 aliphatic carbocycles. The number of carbonyl (C=O) groups excluding carboxylic acids is 3. The number of benzene rings is 1. The van der Waals surface area contributed by atoms with Gasteiger partial charge in [0.25, 0.3) is 0 Å². The van der Waals surface area contributed by atoms with Gasteiger partial charge in [0.05, 0.1) is 17.7 Å². The topological polar surface area (TPSA) is 91.4 Å². The molecule has 0 fully saturated rings. The summed E-state index contributed by atoms with van der Waals surface area (Å²) in [7, 11) is 0. The second-order valence-corrected chi connectivity index (χ2v) is 9.50. The molecule has 8 heteroatoms. The highest BCUT2D eigenvalue weighted by Crippen LogP contribution is 2.38. The fourth-order valence-corrected chi connectivity index (χ4v) is 4.73. The largest absolute Gasteiger partial charge is 0.354 e. The van der Waals surface area contributed by atoms with Crippen molar-refractivity contribution in [2.45, 2.75) is 71.5 Å². The van der Waals surface area contributed by atoms with Gasteiger partial charge in [0.1, 0.15) is 6.04 Å². The van der Waals surface area contributed by atoms with Crippen LogP contribution in [-0.2, 0) is 33.8 Å². The first-order chi connectivity index (χ1) is 15.4. The first kappa shape index (κ1) is 23.9. The van der Waals surface area contributed by atoms with Gasteiger partial charge in [-0.2, -0.15) is 0 Å². The molecular formula is C24H32N4O3S. The SMILES string of the molecule is CCC(C)CC(=O)NC1CCc2cccc3c2N(C1=O)C(C)C3.O=CNCc1cncs1. The van der Waals surface area contributed by atoms with E-state index in [0.29, 0.717) is 31.7 Å². The van der Waals surface area contributed by atoms with Gasteiger partial charge in [-0.1, -0.05) is 38.5 Å². The normalized spacial score (nSPS) is 19.8. The van der Waals surface area contributed by atoms with Crippen LogP contribution in [0.1, 0.15) is 56.0 Å². The molecule has 2 aliphatic rings. The zero-order valence-electron chi connectivity index (χ0n) is 19.0. The van der Waals surface area contributed by atoms with Crippen LogP contribution in [0.5, 0.6) is 0 Å². The Hall–Kier alpha value is -2.74. The molecule has 3 amide bonds. The summed E-state index contributed by atoms with van der Waals surface area (Å²) in [5.74, 6) is 0.403. The van der Waals surface area contributed by atoms with Gasteiger partial charge in [0.2, 0.25) is 18.2 Å². The smallest absolute Gasteiger partial charge is 0.249 e. The van der Waals surface area contributed by atoms with E-state index in [-0.39, 0.29) is 17.9 Å². The number of thiazole rings is 1. The van der Waals surface area contributed by atoms with Crippen molar-refractivity contribution in [1.82, 2.24) is 15.6 Å². The van der Waals surface area contributed by atoms with E-state index >= 15 is 0 Å². The van der Waals surface area contributed by atoms with E-state index in [4.69, 9.17) is 0 Å². The molecule has 0 saturated carbocycles. The Morgan fingerprint density at radius 1 is 1.38 bits per heavy atom. The van der Waals surface area contributed by atoms with Crippen LogP contribution in [0.15, 0.2) is 29.9 Å². The highest BCUT2D eigenvalue weighted by atomic mass is 32.1. The number of hydrogen-bond donors (Lipinski definition) is 2. The Kier molecular flexibility index (Phi) is 8.39. The predicted molar refractivity (Wildman–Crippen MR) is 126 cm³/mol. The third-order valence-corrected chi connectivity index (χ3v) is 6.83. The van der Waals surface area contributed by atoms with Crippen LogP contribution in [0.2, 0.25) is 0 Å². The Morgan fingerprint density at radius 2 is 2.16 bits per heavy atom. The van der Waals surface area contributed by atoms with Gasteiger partial charge in [-0.05, 0) is 43.2 Å². The highest BCUT2D eigenvalue weighted by Gasteiger charge is 2.39. The summed E-state index contributed by atoms with van der Waals surface area (Å²) in [5.41, 5.74) is 5.33. The van der Waals surface area contributed by atoms with E-state index in [1.165, 1.54) is 22.5 Å². The van der Waals surface area contributed by atoms with Gasteiger partial charge >= 0.3 is 0 Å². The van der Waals surface area contributed by atoms with Crippen molar-refractivity contribution in [2.24, 2.45) is 5.92 Å². The number of carbonyl (C=O) groups is 3. The van der Waals surface area contributed by atoms with E-state index in [1.807, 2.05) is 4.90 Å². The number of amides is 3. The molecule has 0 radical (unpaired) electrons. The number of para-hydroxylation sites is 1. The summed E-state index contributed by atoms with van der Waals surface area (Å²) in [6.07, 6.45) is 6.32. The van der Waals surface area contributed by atoms with E-state index in [9.17, 15) is 14.4 Å². The van der Waals surface area contributed by atoms with Gasteiger partial charge in [-0.25, -0.2) is 0 Å². The first-order valence-electron chi connectivity index (χ1n) is 11.2. The number of anilines is 1. The molecule has 2 aromatic rings. The molecule has 3 atom stereocenters. The predicted octanol–water partition coefficient (Wildman–Crippen LogP) is 3.22. The number of nitrogens with zero attached hydrogens (tertiary/aromatic N) is 2. The maximum absolute atomic E-state index is 13.0. The molecule has 3 heterocycles. The summed E-state index contributed by atoms with van der Waals surface area (Å²) in [5, 5.41) is 5.53. The molecule has 0 saturated heterocycles. The van der Waals surface area contributed by atoms with Crippen molar-refractivity contribution in [2.75, 3.05) is 4.90 Å². The standard InChI is InChI=1S/C19H26N2O2.C5H6N2OS/c1-4-12(2)10-17(22)20-16-9-8-14-6-5-7-15-11-13(3)21(18(14)15)19(16)23;8-3-6-1-5-2-7-4-9-5/h5-7,12-13,16H,4,8-11H2,1-3H3,(H,20,22);2-4H,1H2,(H,6,8). The molecule has 172 valence electrons. The second kappa shape index (κ2) is 11.2. The lowest BCUT2D eigenvalue weighted by atomic mass is 10.0. The van der Waals surface area contributed by atoms with Crippen molar-refractivity contribution in [3.8, 4) is 0 Å². The van der Waals surface area contributed by atoms with Crippen LogP contribution in [0, 0.1) is 5.92 Å². The summed E-state index contributed by atoms with van der Waals surface area (Å²) in [6, 6.07) is 6.08. The fraction of sp³-hybridized carbons (Fsp3) is 0.500. The number of aryl methyl sites for hydroxylation is 1. The minimum atomic E-state index is -0.396. The Balaban J connectivity index is 0.000000269. The van der Waals surface area contributed by atoms with E-state index in [2.05, 4.69) is 54.6 Å². The van der Waals surface area contributed by atoms with Crippen molar-refractivity contribution < 1.29 is 14.4 Å². The van der Waals surface area contributed by atoms with Gasteiger partial charge in [-0.3, -0.25) is 19.4 Å². The van der Waals surface area contributed by atoms with E-state index in [0.717, 1.165) is 29.8 Å². The lowest BCUT2D eigenvalue weighted by molar-refractivity contribution is -0.128. The summed E-state index contributed by atoms with van der Waals surface area (Å²) < 4.78 is 0. The third kappa shape index (κ3) is 5.73. The summed E-state index contributed by atoms with van der Waals surface area (Å²) in [4.78, 5) is 41.8. The lowest BCUT2D eigenvalue weighted by Crippen LogP contribution is -2.50. The summed E-state index contributed by atoms with van der Waals surface area (Å²) in [6.45, 7) is 6.83. The number of nitrogens with one attached hydrogen (secondary N) is 2. The average Bonchev–Trinajstić information content (AvgIpc) is 3.38. The number of rotatable bonds is 7.